The van der Waals surface area contributed by atoms with Crippen molar-refractivity contribution in [3.63, 3.8) is 0 Å². The van der Waals surface area contributed by atoms with Crippen LogP contribution in [0.25, 0.3) is 10.2 Å². The van der Waals surface area contributed by atoms with Crippen LogP contribution in [0.2, 0.25) is 0 Å². The van der Waals surface area contributed by atoms with E-state index in [-0.39, 0.29) is 16.8 Å². The maximum atomic E-state index is 12.9. The van der Waals surface area contributed by atoms with Crippen molar-refractivity contribution in [2.24, 2.45) is 0 Å². The molecule has 1 aliphatic heterocycles. The topological polar surface area (TPSA) is 73.8 Å². The number of fused-ring (bicyclic) bond motifs is 1. The van der Waals surface area contributed by atoms with Crippen molar-refractivity contribution in [3.05, 3.63) is 59.1 Å². The van der Waals surface area contributed by atoms with Gasteiger partial charge in [-0.15, -0.1) is 11.3 Å². The molecule has 31 heavy (non-hydrogen) atoms. The number of benzene rings is 2. The molecule has 3 aromatic rings. The average molecular weight is 459 g/mol. The van der Waals surface area contributed by atoms with Crippen LogP contribution < -0.4 is 0 Å². The van der Waals surface area contributed by atoms with Crippen molar-refractivity contribution in [3.8, 4) is 0 Å². The minimum Gasteiger partial charge on any atom is -0.336 e. The SMILES string of the molecule is C[C@@H](c1nc2ccccc2s1)N1CCN(C(=O)c2ccc(S(=O)(=O)N(C)C)cc2)CC1. The number of carbonyl (C=O) groups is 1. The third-order valence-electron chi connectivity index (χ3n) is 5.70. The lowest BCUT2D eigenvalue weighted by atomic mass is 10.1. The van der Waals surface area contributed by atoms with E-state index in [0.717, 1.165) is 27.9 Å². The highest BCUT2D eigenvalue weighted by Gasteiger charge is 2.27. The molecule has 1 saturated heterocycles. The maximum absolute atomic E-state index is 12.9. The van der Waals surface area contributed by atoms with Crippen molar-refractivity contribution < 1.29 is 13.2 Å². The van der Waals surface area contributed by atoms with Crippen molar-refractivity contribution >= 4 is 37.5 Å². The van der Waals surface area contributed by atoms with Gasteiger partial charge in [0.25, 0.3) is 5.91 Å². The van der Waals surface area contributed by atoms with Gasteiger partial charge in [-0.3, -0.25) is 9.69 Å². The number of aromatic nitrogens is 1. The second-order valence-electron chi connectivity index (χ2n) is 7.84. The zero-order chi connectivity index (χ0) is 22.2. The first-order valence-electron chi connectivity index (χ1n) is 10.2. The zero-order valence-electron chi connectivity index (χ0n) is 17.9. The van der Waals surface area contributed by atoms with Gasteiger partial charge in [0.05, 0.1) is 21.2 Å². The molecular formula is C22H26N4O3S2. The van der Waals surface area contributed by atoms with Gasteiger partial charge in [-0.05, 0) is 43.3 Å². The highest BCUT2D eigenvalue weighted by molar-refractivity contribution is 7.89. The van der Waals surface area contributed by atoms with Gasteiger partial charge in [0, 0.05) is 45.8 Å². The monoisotopic (exact) mass is 458 g/mol. The lowest BCUT2D eigenvalue weighted by Crippen LogP contribution is -2.49. The number of rotatable bonds is 5. The largest absolute Gasteiger partial charge is 0.336 e. The molecule has 0 N–H and O–H groups in total. The van der Waals surface area contributed by atoms with Crippen molar-refractivity contribution in [1.82, 2.24) is 19.1 Å². The Kier molecular flexibility index (Phi) is 6.11. The summed E-state index contributed by atoms with van der Waals surface area (Å²) in [5.41, 5.74) is 1.54. The second kappa shape index (κ2) is 8.66. The molecule has 0 saturated carbocycles. The van der Waals surface area contributed by atoms with Crippen LogP contribution in [0.3, 0.4) is 0 Å². The molecule has 1 aromatic heterocycles. The van der Waals surface area contributed by atoms with Crippen molar-refractivity contribution in [2.75, 3.05) is 40.3 Å². The summed E-state index contributed by atoms with van der Waals surface area (Å²) in [6, 6.07) is 14.5. The lowest BCUT2D eigenvalue weighted by molar-refractivity contribution is 0.0582. The van der Waals surface area contributed by atoms with Gasteiger partial charge >= 0.3 is 0 Å². The van der Waals surface area contributed by atoms with Crippen LogP contribution in [0.1, 0.15) is 28.3 Å². The van der Waals surface area contributed by atoms with Crippen LogP contribution in [0.15, 0.2) is 53.4 Å². The molecule has 0 bridgehead atoms. The summed E-state index contributed by atoms with van der Waals surface area (Å²) in [6.45, 7) is 4.97. The molecule has 0 unspecified atom stereocenters. The molecule has 2 aromatic carbocycles. The summed E-state index contributed by atoms with van der Waals surface area (Å²) in [5, 5.41) is 1.10. The number of thiazole rings is 1. The Balaban J connectivity index is 1.39. The molecule has 9 heteroatoms. The fraction of sp³-hybridized carbons (Fsp3) is 0.364. The van der Waals surface area contributed by atoms with E-state index in [2.05, 4.69) is 17.9 Å². The number of para-hydroxylation sites is 1. The second-order valence-corrected chi connectivity index (χ2v) is 11.0. The van der Waals surface area contributed by atoms with E-state index in [1.54, 1.807) is 23.5 Å². The molecule has 0 radical (unpaired) electrons. The van der Waals surface area contributed by atoms with Gasteiger partial charge in [0.15, 0.2) is 0 Å². The van der Waals surface area contributed by atoms with Crippen LogP contribution in [0.5, 0.6) is 0 Å². The number of sulfonamides is 1. The third kappa shape index (κ3) is 4.36. The number of hydrogen-bond donors (Lipinski definition) is 0. The molecule has 0 aliphatic carbocycles. The van der Waals surface area contributed by atoms with Crippen molar-refractivity contribution in [1.29, 1.82) is 0 Å². The van der Waals surface area contributed by atoms with E-state index in [1.807, 2.05) is 23.1 Å². The summed E-state index contributed by atoms with van der Waals surface area (Å²) in [6.07, 6.45) is 0. The average Bonchev–Trinajstić information content (AvgIpc) is 3.22. The Bertz CT molecular complexity index is 1150. The summed E-state index contributed by atoms with van der Waals surface area (Å²) in [5.74, 6) is -0.0684. The van der Waals surface area contributed by atoms with E-state index in [4.69, 9.17) is 4.98 Å². The number of carbonyl (C=O) groups excluding carboxylic acids is 1. The number of amides is 1. The highest BCUT2D eigenvalue weighted by atomic mass is 32.2. The minimum absolute atomic E-state index is 0.0684. The predicted octanol–water partition coefficient (Wildman–Crippen LogP) is 3.07. The van der Waals surface area contributed by atoms with E-state index in [9.17, 15) is 13.2 Å². The molecule has 1 atom stereocenters. The lowest BCUT2D eigenvalue weighted by Gasteiger charge is -2.37. The number of nitrogens with zero attached hydrogens (tertiary/aromatic N) is 4. The minimum atomic E-state index is -3.50. The van der Waals surface area contributed by atoms with Crippen LogP contribution in [0.4, 0.5) is 0 Å². The Hall–Kier alpha value is -2.33. The highest BCUT2D eigenvalue weighted by Crippen LogP contribution is 2.30. The smallest absolute Gasteiger partial charge is 0.253 e. The van der Waals surface area contributed by atoms with Gasteiger partial charge in [0.1, 0.15) is 5.01 Å². The molecule has 7 nitrogen and oxygen atoms in total. The van der Waals surface area contributed by atoms with Gasteiger partial charge < -0.3 is 4.90 Å². The van der Waals surface area contributed by atoms with Gasteiger partial charge in [-0.25, -0.2) is 17.7 Å². The third-order valence-corrected chi connectivity index (χ3v) is 8.73. The normalized spacial score (nSPS) is 16.7. The van der Waals surface area contributed by atoms with Crippen LogP contribution in [-0.2, 0) is 10.0 Å². The summed E-state index contributed by atoms with van der Waals surface area (Å²) in [4.78, 5) is 22.0. The summed E-state index contributed by atoms with van der Waals surface area (Å²) in [7, 11) is -0.522. The van der Waals surface area contributed by atoms with E-state index < -0.39 is 10.0 Å². The quantitative estimate of drug-likeness (QED) is 0.588. The molecule has 1 fully saturated rings. The first kappa shape index (κ1) is 21.9. The molecule has 4 rings (SSSR count). The fourth-order valence-corrected chi connectivity index (χ4v) is 5.66. The molecule has 0 spiro atoms. The van der Waals surface area contributed by atoms with Gasteiger partial charge in [-0.2, -0.15) is 0 Å². The molecular weight excluding hydrogens is 432 g/mol. The summed E-state index contributed by atoms with van der Waals surface area (Å²) >= 11 is 1.72. The van der Waals surface area contributed by atoms with Gasteiger partial charge in [-0.1, -0.05) is 12.1 Å². The van der Waals surface area contributed by atoms with Crippen LogP contribution in [0, 0.1) is 0 Å². The molecule has 164 valence electrons. The van der Waals surface area contributed by atoms with Crippen LogP contribution in [-0.4, -0.2) is 73.7 Å². The maximum Gasteiger partial charge on any atom is 0.253 e. The Labute approximate surface area is 187 Å². The van der Waals surface area contributed by atoms with E-state index in [1.165, 1.54) is 30.9 Å². The Morgan fingerprint density at radius 3 is 2.29 bits per heavy atom. The first-order chi connectivity index (χ1) is 14.8. The first-order valence-corrected chi connectivity index (χ1v) is 12.4. The van der Waals surface area contributed by atoms with Gasteiger partial charge in [0.2, 0.25) is 10.0 Å². The van der Waals surface area contributed by atoms with Crippen LogP contribution >= 0.6 is 11.3 Å². The standard InChI is InChI=1S/C22H26N4O3S2/c1-16(21-23-19-6-4-5-7-20(19)30-21)25-12-14-26(15-13-25)22(27)17-8-10-18(11-9-17)31(28,29)24(2)3/h4-11,16H,12-15H2,1-3H3/t16-/m0/s1. The molecule has 1 amide bonds. The number of piperazine rings is 1. The van der Waals surface area contributed by atoms with Crippen molar-refractivity contribution in [2.45, 2.75) is 17.9 Å². The van der Waals surface area contributed by atoms with E-state index in [0.29, 0.717) is 18.7 Å². The fourth-order valence-electron chi connectivity index (χ4n) is 3.70. The zero-order valence-corrected chi connectivity index (χ0v) is 19.5. The molecule has 2 heterocycles. The van der Waals surface area contributed by atoms with E-state index >= 15 is 0 Å². The summed E-state index contributed by atoms with van der Waals surface area (Å²) < 4.78 is 26.8. The molecule has 1 aliphatic rings. The number of hydrogen-bond acceptors (Lipinski definition) is 6. The Morgan fingerprint density at radius 2 is 1.68 bits per heavy atom. The Morgan fingerprint density at radius 1 is 1.03 bits per heavy atom. The predicted molar refractivity (Wildman–Crippen MR) is 123 cm³/mol.